The molecule has 7 heteroatoms. The van der Waals surface area contributed by atoms with Gasteiger partial charge >= 0.3 is 0 Å². The molecule has 150 valence electrons. The zero-order valence-electron chi connectivity index (χ0n) is 16.1. The van der Waals surface area contributed by atoms with Crippen LogP contribution in [-0.2, 0) is 11.4 Å². The molecule has 5 nitrogen and oxygen atoms in total. The second kappa shape index (κ2) is 9.00. The molecule has 0 radical (unpaired) electrons. The van der Waals surface area contributed by atoms with Crippen LogP contribution in [0.1, 0.15) is 18.1 Å². The predicted octanol–water partition coefficient (Wildman–Crippen LogP) is 6.22. The van der Waals surface area contributed by atoms with Crippen molar-refractivity contribution in [2.75, 3.05) is 5.32 Å². The fourth-order valence-electron chi connectivity index (χ4n) is 2.92. The molecule has 0 spiro atoms. The number of fused-ring (bicyclic) bond motifs is 1. The number of anilines is 2. The van der Waals surface area contributed by atoms with Crippen LogP contribution in [0.5, 0.6) is 0 Å². The smallest absolute Gasteiger partial charge is 0.142 e. The highest BCUT2D eigenvalue weighted by molar-refractivity contribution is 9.10. The van der Waals surface area contributed by atoms with Gasteiger partial charge in [-0.2, -0.15) is 0 Å². The quantitative estimate of drug-likeness (QED) is 0.272. The summed E-state index contributed by atoms with van der Waals surface area (Å²) in [5.41, 5.74) is 4.19. The summed E-state index contributed by atoms with van der Waals surface area (Å²) >= 11 is 3.58. The van der Waals surface area contributed by atoms with Crippen LogP contribution in [-0.4, -0.2) is 15.7 Å². The number of aromatic nitrogens is 2. The normalized spacial score (nSPS) is 11.5. The molecule has 0 saturated carbocycles. The lowest BCUT2D eigenvalue weighted by Gasteiger charge is -2.12. The lowest BCUT2D eigenvalue weighted by atomic mass is 10.1. The number of rotatable bonds is 6. The Labute approximate surface area is 181 Å². The molecule has 1 heterocycles. The summed E-state index contributed by atoms with van der Waals surface area (Å²) in [5.74, 6) is 0.449. The lowest BCUT2D eigenvalue weighted by molar-refractivity contribution is 0.130. The Bertz CT molecular complexity index is 1210. The number of hydrogen-bond donors (Lipinski definition) is 1. The SMILES string of the molecule is C/C(=N/OCc1ccc(F)cc1)c1ccc(Br)c(Nc2ncnc3ccccc23)c1. The van der Waals surface area contributed by atoms with E-state index in [0.29, 0.717) is 0 Å². The van der Waals surface area contributed by atoms with Gasteiger partial charge < -0.3 is 10.2 Å². The van der Waals surface area contributed by atoms with E-state index >= 15 is 0 Å². The Kier molecular flexibility index (Phi) is 5.99. The van der Waals surface area contributed by atoms with E-state index in [-0.39, 0.29) is 12.4 Å². The summed E-state index contributed by atoms with van der Waals surface area (Å²) in [6, 6.07) is 19.8. The first-order valence-electron chi connectivity index (χ1n) is 9.28. The molecular weight excluding hydrogens is 447 g/mol. The number of para-hydroxylation sites is 1. The van der Waals surface area contributed by atoms with Gasteiger partial charge in [0.15, 0.2) is 0 Å². The molecule has 0 amide bonds. The highest BCUT2D eigenvalue weighted by Gasteiger charge is 2.08. The van der Waals surface area contributed by atoms with E-state index < -0.39 is 0 Å². The topological polar surface area (TPSA) is 59.4 Å². The van der Waals surface area contributed by atoms with Crippen molar-refractivity contribution in [3.63, 3.8) is 0 Å². The number of nitrogens with one attached hydrogen (secondary N) is 1. The minimum atomic E-state index is -0.273. The fourth-order valence-corrected chi connectivity index (χ4v) is 3.26. The summed E-state index contributed by atoms with van der Waals surface area (Å²) < 4.78 is 13.9. The van der Waals surface area contributed by atoms with Gasteiger partial charge in [0.2, 0.25) is 0 Å². The maximum Gasteiger partial charge on any atom is 0.142 e. The maximum atomic E-state index is 13.0. The first-order chi connectivity index (χ1) is 14.6. The van der Waals surface area contributed by atoms with Crippen molar-refractivity contribution in [3.8, 4) is 0 Å². The van der Waals surface area contributed by atoms with Gasteiger partial charge in [0, 0.05) is 15.4 Å². The van der Waals surface area contributed by atoms with E-state index in [2.05, 4.69) is 36.4 Å². The molecule has 30 heavy (non-hydrogen) atoms. The van der Waals surface area contributed by atoms with E-state index in [4.69, 9.17) is 4.84 Å². The number of benzene rings is 3. The third-order valence-corrected chi connectivity index (χ3v) is 5.22. The second-order valence-corrected chi connectivity index (χ2v) is 7.49. The van der Waals surface area contributed by atoms with Crippen molar-refractivity contribution < 1.29 is 9.23 Å². The molecule has 1 N–H and O–H groups in total. The Morgan fingerprint density at radius 3 is 2.70 bits per heavy atom. The zero-order valence-corrected chi connectivity index (χ0v) is 17.7. The molecule has 0 aliphatic carbocycles. The highest BCUT2D eigenvalue weighted by Crippen LogP contribution is 2.29. The van der Waals surface area contributed by atoms with Gasteiger partial charge in [0.25, 0.3) is 0 Å². The lowest BCUT2D eigenvalue weighted by Crippen LogP contribution is -2.01. The largest absolute Gasteiger partial charge is 0.391 e. The Balaban J connectivity index is 1.53. The third kappa shape index (κ3) is 4.63. The summed E-state index contributed by atoms with van der Waals surface area (Å²) in [4.78, 5) is 14.1. The van der Waals surface area contributed by atoms with Crippen LogP contribution in [0, 0.1) is 5.82 Å². The fraction of sp³-hybridized carbons (Fsp3) is 0.0870. The van der Waals surface area contributed by atoms with Gasteiger partial charge in [-0.25, -0.2) is 14.4 Å². The van der Waals surface area contributed by atoms with Gasteiger partial charge in [-0.3, -0.25) is 0 Å². The predicted molar refractivity (Wildman–Crippen MR) is 120 cm³/mol. The van der Waals surface area contributed by atoms with Gasteiger partial charge in [0.05, 0.1) is 16.9 Å². The van der Waals surface area contributed by atoms with Crippen LogP contribution in [0.3, 0.4) is 0 Å². The first-order valence-corrected chi connectivity index (χ1v) is 10.1. The van der Waals surface area contributed by atoms with Crippen molar-refractivity contribution in [3.05, 3.63) is 94.5 Å². The first kappa shape index (κ1) is 20.0. The molecule has 0 saturated heterocycles. The standard InChI is InChI=1S/C23H18BrFN4O/c1-15(29-30-13-16-6-9-18(25)10-7-16)17-8-11-20(24)22(12-17)28-23-19-4-2-3-5-21(19)26-14-27-23/h2-12,14H,13H2,1H3,(H,26,27,28)/b29-15-. The Hall–Kier alpha value is -3.32. The van der Waals surface area contributed by atoms with E-state index in [1.807, 2.05) is 49.4 Å². The summed E-state index contributed by atoms with van der Waals surface area (Å²) in [7, 11) is 0. The Morgan fingerprint density at radius 2 is 1.87 bits per heavy atom. The summed E-state index contributed by atoms with van der Waals surface area (Å²) in [5, 5.41) is 8.50. The van der Waals surface area contributed by atoms with Gasteiger partial charge in [-0.1, -0.05) is 35.5 Å². The van der Waals surface area contributed by atoms with Crippen LogP contribution in [0.2, 0.25) is 0 Å². The van der Waals surface area contributed by atoms with Crippen molar-refractivity contribution in [1.29, 1.82) is 0 Å². The van der Waals surface area contributed by atoms with Crippen molar-refractivity contribution in [1.82, 2.24) is 9.97 Å². The average Bonchev–Trinajstić information content (AvgIpc) is 2.77. The minimum absolute atomic E-state index is 0.270. The molecule has 3 aromatic carbocycles. The summed E-state index contributed by atoms with van der Waals surface area (Å²) in [6.07, 6.45) is 1.54. The maximum absolute atomic E-state index is 13.0. The number of oxime groups is 1. The van der Waals surface area contributed by atoms with Crippen molar-refractivity contribution in [2.24, 2.45) is 5.16 Å². The third-order valence-electron chi connectivity index (χ3n) is 4.53. The van der Waals surface area contributed by atoms with Crippen LogP contribution in [0.4, 0.5) is 15.9 Å². The number of halogens is 2. The highest BCUT2D eigenvalue weighted by atomic mass is 79.9. The molecule has 0 fully saturated rings. The van der Waals surface area contributed by atoms with Crippen LogP contribution in [0.25, 0.3) is 10.9 Å². The number of nitrogens with zero attached hydrogens (tertiary/aromatic N) is 3. The Morgan fingerprint density at radius 1 is 1.07 bits per heavy atom. The molecular formula is C23H18BrFN4O. The van der Waals surface area contributed by atoms with Crippen LogP contribution >= 0.6 is 15.9 Å². The van der Waals surface area contributed by atoms with Crippen LogP contribution in [0.15, 0.2) is 82.7 Å². The van der Waals surface area contributed by atoms with E-state index in [0.717, 1.165) is 43.7 Å². The minimum Gasteiger partial charge on any atom is -0.391 e. The molecule has 0 unspecified atom stereocenters. The van der Waals surface area contributed by atoms with Crippen molar-refractivity contribution >= 4 is 44.0 Å². The molecule has 4 aromatic rings. The van der Waals surface area contributed by atoms with E-state index in [1.54, 1.807) is 18.5 Å². The molecule has 0 aliphatic heterocycles. The molecule has 0 aliphatic rings. The monoisotopic (exact) mass is 464 g/mol. The zero-order chi connectivity index (χ0) is 20.9. The second-order valence-electron chi connectivity index (χ2n) is 6.64. The van der Waals surface area contributed by atoms with Crippen molar-refractivity contribution in [2.45, 2.75) is 13.5 Å². The van der Waals surface area contributed by atoms with Gasteiger partial charge in [0.1, 0.15) is 24.6 Å². The summed E-state index contributed by atoms with van der Waals surface area (Å²) in [6.45, 7) is 2.14. The molecule has 0 bridgehead atoms. The van der Waals surface area contributed by atoms with Crippen LogP contribution < -0.4 is 5.32 Å². The number of hydrogen-bond acceptors (Lipinski definition) is 5. The molecule has 1 aromatic heterocycles. The van der Waals surface area contributed by atoms with Gasteiger partial charge in [-0.15, -0.1) is 0 Å². The molecule has 4 rings (SSSR count). The average molecular weight is 465 g/mol. The molecule has 0 atom stereocenters. The van der Waals surface area contributed by atoms with E-state index in [1.165, 1.54) is 12.1 Å². The van der Waals surface area contributed by atoms with E-state index in [9.17, 15) is 4.39 Å². The van der Waals surface area contributed by atoms with Gasteiger partial charge in [-0.05, 0) is 64.8 Å².